The highest BCUT2D eigenvalue weighted by molar-refractivity contribution is 6.30. The Hall–Kier alpha value is -1.32. The van der Waals surface area contributed by atoms with Gasteiger partial charge in [-0.3, -0.25) is 0 Å². The van der Waals surface area contributed by atoms with E-state index in [1.165, 1.54) is 12.3 Å². The van der Waals surface area contributed by atoms with Gasteiger partial charge < -0.3 is 5.11 Å². The lowest BCUT2D eigenvalue weighted by Gasteiger charge is -2.03. The Morgan fingerprint density at radius 2 is 1.93 bits per heavy atom. The summed E-state index contributed by atoms with van der Waals surface area (Å²) in [5.74, 6) is 0.0669. The molecule has 1 aromatic carbocycles. The highest BCUT2D eigenvalue weighted by Gasteiger charge is 2.06. The maximum absolute atomic E-state index is 9.65. The Kier molecular flexibility index (Phi) is 2.75. The molecule has 0 unspecified atom stereocenters. The molecule has 1 N–H and O–H groups in total. The molecule has 0 spiro atoms. The number of aromatic hydroxyl groups is 1. The molecule has 0 bridgehead atoms. The van der Waals surface area contributed by atoms with E-state index >= 15 is 0 Å². The van der Waals surface area contributed by atoms with Gasteiger partial charge in [-0.15, -0.1) is 0 Å². The van der Waals surface area contributed by atoms with E-state index in [0.29, 0.717) is 16.3 Å². The third-order valence-corrected chi connectivity index (χ3v) is 2.28. The van der Waals surface area contributed by atoms with Gasteiger partial charge in [-0.1, -0.05) is 11.6 Å². The average molecular weight is 241 g/mol. The third kappa shape index (κ3) is 2.19. The van der Waals surface area contributed by atoms with Crippen molar-refractivity contribution in [3.8, 4) is 17.0 Å². The van der Waals surface area contributed by atoms with E-state index in [1.807, 2.05) is 0 Å². The van der Waals surface area contributed by atoms with Crippen LogP contribution in [0.1, 0.15) is 0 Å². The van der Waals surface area contributed by atoms with Gasteiger partial charge in [0.15, 0.2) is 0 Å². The molecule has 2 aromatic rings. The number of phenolic OH excluding ortho intramolecular Hbond substituents is 1. The van der Waals surface area contributed by atoms with Crippen molar-refractivity contribution in [2.75, 3.05) is 0 Å². The lowest BCUT2D eigenvalue weighted by molar-refractivity contribution is 0.477. The standard InChI is InChI=1S/C10H6Cl2N2O/c11-6-1-2-7(9(15)5-6)8-3-4-13-10(12)14-8/h1-5,15H. The quantitative estimate of drug-likeness (QED) is 0.780. The molecule has 0 aliphatic heterocycles. The topological polar surface area (TPSA) is 46.0 Å². The number of hydrogen-bond acceptors (Lipinski definition) is 3. The Balaban J connectivity index is 2.54. The Bertz CT molecular complexity index is 503. The van der Waals surface area contributed by atoms with E-state index in [4.69, 9.17) is 23.2 Å². The summed E-state index contributed by atoms with van der Waals surface area (Å²) in [4.78, 5) is 7.74. The minimum absolute atomic E-state index is 0.0669. The van der Waals surface area contributed by atoms with Crippen LogP contribution >= 0.6 is 23.2 Å². The molecule has 1 aromatic heterocycles. The lowest BCUT2D eigenvalue weighted by atomic mass is 10.1. The molecular weight excluding hydrogens is 235 g/mol. The maximum atomic E-state index is 9.65. The first kappa shape index (κ1) is 10.2. The second-order valence-electron chi connectivity index (χ2n) is 2.87. The van der Waals surface area contributed by atoms with Crippen molar-refractivity contribution in [2.24, 2.45) is 0 Å². The van der Waals surface area contributed by atoms with Gasteiger partial charge >= 0.3 is 0 Å². The predicted octanol–water partition coefficient (Wildman–Crippen LogP) is 3.16. The van der Waals surface area contributed by atoms with Crippen molar-refractivity contribution >= 4 is 23.2 Å². The van der Waals surface area contributed by atoms with Crippen molar-refractivity contribution in [3.05, 3.63) is 40.8 Å². The highest BCUT2D eigenvalue weighted by atomic mass is 35.5. The SMILES string of the molecule is Oc1cc(Cl)ccc1-c1ccnc(Cl)n1. The highest BCUT2D eigenvalue weighted by Crippen LogP contribution is 2.30. The zero-order valence-electron chi connectivity index (χ0n) is 7.48. The van der Waals surface area contributed by atoms with E-state index in [2.05, 4.69) is 9.97 Å². The molecule has 0 aliphatic carbocycles. The Morgan fingerprint density at radius 3 is 2.60 bits per heavy atom. The number of nitrogens with zero attached hydrogens (tertiary/aromatic N) is 2. The summed E-state index contributed by atoms with van der Waals surface area (Å²) < 4.78 is 0. The average Bonchev–Trinajstić information content (AvgIpc) is 2.17. The first-order valence-corrected chi connectivity index (χ1v) is 4.90. The number of benzene rings is 1. The van der Waals surface area contributed by atoms with Gasteiger partial charge in [0, 0.05) is 16.8 Å². The molecule has 0 saturated carbocycles. The molecule has 15 heavy (non-hydrogen) atoms. The first-order valence-electron chi connectivity index (χ1n) is 4.14. The van der Waals surface area contributed by atoms with Gasteiger partial charge in [0.2, 0.25) is 5.28 Å². The van der Waals surface area contributed by atoms with E-state index in [9.17, 15) is 5.11 Å². The van der Waals surface area contributed by atoms with Crippen LogP contribution in [-0.2, 0) is 0 Å². The van der Waals surface area contributed by atoms with Crippen molar-refractivity contribution in [3.63, 3.8) is 0 Å². The maximum Gasteiger partial charge on any atom is 0.222 e. The van der Waals surface area contributed by atoms with Gasteiger partial charge in [-0.05, 0) is 35.9 Å². The van der Waals surface area contributed by atoms with Gasteiger partial charge in [0.05, 0.1) is 5.69 Å². The van der Waals surface area contributed by atoms with Crippen molar-refractivity contribution in [1.29, 1.82) is 0 Å². The van der Waals surface area contributed by atoms with Crippen LogP contribution in [0.4, 0.5) is 0 Å². The monoisotopic (exact) mass is 240 g/mol. The first-order chi connectivity index (χ1) is 7.16. The molecule has 76 valence electrons. The van der Waals surface area contributed by atoms with E-state index < -0.39 is 0 Å². The molecule has 0 atom stereocenters. The summed E-state index contributed by atoms with van der Waals surface area (Å²) >= 11 is 11.4. The predicted molar refractivity (Wildman–Crippen MR) is 59.2 cm³/mol. The van der Waals surface area contributed by atoms with Crippen molar-refractivity contribution in [1.82, 2.24) is 9.97 Å². The summed E-state index contributed by atoms with van der Waals surface area (Å²) in [6.07, 6.45) is 1.53. The van der Waals surface area contributed by atoms with Crippen LogP contribution in [0, 0.1) is 0 Å². The van der Waals surface area contributed by atoms with Gasteiger partial charge in [-0.25, -0.2) is 9.97 Å². The van der Waals surface area contributed by atoms with Crippen LogP contribution in [-0.4, -0.2) is 15.1 Å². The molecule has 1 heterocycles. The Labute approximate surface area is 96.3 Å². The van der Waals surface area contributed by atoms with Crippen LogP contribution in [0.5, 0.6) is 5.75 Å². The summed E-state index contributed by atoms with van der Waals surface area (Å²) in [7, 11) is 0. The van der Waals surface area contributed by atoms with E-state index in [-0.39, 0.29) is 11.0 Å². The number of halogens is 2. The molecule has 2 rings (SSSR count). The van der Waals surface area contributed by atoms with Crippen LogP contribution in [0.25, 0.3) is 11.3 Å². The molecule has 3 nitrogen and oxygen atoms in total. The second-order valence-corrected chi connectivity index (χ2v) is 3.65. The third-order valence-electron chi connectivity index (χ3n) is 1.86. The zero-order valence-corrected chi connectivity index (χ0v) is 9.00. The van der Waals surface area contributed by atoms with Crippen LogP contribution in [0.3, 0.4) is 0 Å². The zero-order chi connectivity index (χ0) is 10.8. The molecule has 0 aliphatic rings. The summed E-state index contributed by atoms with van der Waals surface area (Å²) in [6, 6.07) is 6.46. The van der Waals surface area contributed by atoms with Crippen LogP contribution in [0.2, 0.25) is 10.3 Å². The smallest absolute Gasteiger partial charge is 0.222 e. The van der Waals surface area contributed by atoms with Crippen LogP contribution < -0.4 is 0 Å². The normalized spacial score (nSPS) is 10.3. The number of rotatable bonds is 1. The fourth-order valence-corrected chi connectivity index (χ4v) is 1.52. The van der Waals surface area contributed by atoms with E-state index in [0.717, 1.165) is 0 Å². The van der Waals surface area contributed by atoms with Crippen molar-refractivity contribution < 1.29 is 5.11 Å². The summed E-state index contributed by atoms with van der Waals surface area (Å²) in [5, 5.41) is 10.3. The van der Waals surface area contributed by atoms with E-state index in [1.54, 1.807) is 18.2 Å². The fourth-order valence-electron chi connectivity index (χ4n) is 1.21. The van der Waals surface area contributed by atoms with Crippen LogP contribution in [0.15, 0.2) is 30.5 Å². The molecule has 0 saturated heterocycles. The largest absolute Gasteiger partial charge is 0.507 e. The van der Waals surface area contributed by atoms with Crippen molar-refractivity contribution in [2.45, 2.75) is 0 Å². The summed E-state index contributed by atoms with van der Waals surface area (Å²) in [6.45, 7) is 0. The van der Waals surface area contributed by atoms with Gasteiger partial charge in [0.1, 0.15) is 5.75 Å². The minimum atomic E-state index is 0.0669. The number of aromatic nitrogens is 2. The minimum Gasteiger partial charge on any atom is -0.507 e. The lowest BCUT2D eigenvalue weighted by Crippen LogP contribution is -1.86. The molecule has 0 radical (unpaired) electrons. The fraction of sp³-hybridized carbons (Fsp3) is 0. The molecular formula is C10H6Cl2N2O. The second kappa shape index (κ2) is 4.04. The summed E-state index contributed by atoms with van der Waals surface area (Å²) in [5.41, 5.74) is 1.13. The number of hydrogen-bond donors (Lipinski definition) is 1. The molecule has 0 fully saturated rings. The van der Waals surface area contributed by atoms with Gasteiger partial charge in [0.25, 0.3) is 0 Å². The van der Waals surface area contributed by atoms with Gasteiger partial charge in [-0.2, -0.15) is 0 Å². The molecule has 5 heteroatoms. The number of phenols is 1. The Morgan fingerprint density at radius 1 is 1.13 bits per heavy atom. The molecule has 0 amide bonds.